The Hall–Kier alpha value is -2.48. The van der Waals surface area contributed by atoms with Gasteiger partial charge in [-0.25, -0.2) is 4.39 Å². The fraction of sp³-hybridized carbons (Fsp3) is 0.591. The molecule has 0 bridgehead atoms. The highest BCUT2D eigenvalue weighted by atomic mass is 19.1. The van der Waals surface area contributed by atoms with Crippen LogP contribution in [-0.4, -0.2) is 89.7 Å². The smallest absolute Gasteiger partial charge is 0.312 e. The van der Waals surface area contributed by atoms with Gasteiger partial charge in [-0.05, 0) is 44.4 Å². The summed E-state index contributed by atoms with van der Waals surface area (Å²) >= 11 is 0. The van der Waals surface area contributed by atoms with Crippen LogP contribution in [0, 0.1) is 5.82 Å². The van der Waals surface area contributed by atoms with Gasteiger partial charge in [0.1, 0.15) is 5.82 Å². The minimum absolute atomic E-state index is 0.00208. The van der Waals surface area contributed by atoms with Crippen molar-refractivity contribution in [1.29, 1.82) is 0 Å². The number of hydrogen-bond donors (Lipinski definition) is 0. The van der Waals surface area contributed by atoms with Crippen LogP contribution in [0.2, 0.25) is 0 Å². The van der Waals surface area contributed by atoms with Crippen molar-refractivity contribution in [2.24, 2.45) is 0 Å². The molecule has 8 heteroatoms. The molecule has 2 fully saturated rings. The summed E-state index contributed by atoms with van der Waals surface area (Å²) in [4.78, 5) is 44.7. The number of halogens is 1. The normalized spacial score (nSPS) is 18.4. The zero-order chi connectivity index (χ0) is 21.7. The Kier molecular flexibility index (Phi) is 7.42. The molecule has 3 rings (SSSR count). The average Bonchev–Trinajstić information content (AvgIpc) is 3.29. The predicted molar refractivity (Wildman–Crippen MR) is 111 cm³/mol. The molecule has 2 aliphatic rings. The highest BCUT2D eigenvalue weighted by molar-refractivity contribution is 6.35. The minimum Gasteiger partial charge on any atom is -0.335 e. The standard InChI is InChI=1S/C22H31FN4O3/c1-3-27(17(2)18-6-8-19(23)9-7-18)20(28)16-24-12-14-26(15-13-24)22(30)21(29)25-10-4-5-11-25/h6-9,17H,3-5,10-16H2,1-2H3. The average molecular weight is 419 g/mol. The van der Waals surface area contributed by atoms with E-state index in [9.17, 15) is 18.8 Å². The van der Waals surface area contributed by atoms with E-state index in [2.05, 4.69) is 0 Å². The molecule has 30 heavy (non-hydrogen) atoms. The van der Waals surface area contributed by atoms with E-state index in [1.165, 1.54) is 12.1 Å². The second-order valence-electron chi connectivity index (χ2n) is 7.97. The lowest BCUT2D eigenvalue weighted by molar-refractivity contribution is -0.152. The van der Waals surface area contributed by atoms with Crippen LogP contribution in [0.15, 0.2) is 24.3 Å². The van der Waals surface area contributed by atoms with Crippen molar-refractivity contribution >= 4 is 17.7 Å². The van der Waals surface area contributed by atoms with Crippen LogP contribution in [0.3, 0.4) is 0 Å². The maximum absolute atomic E-state index is 13.2. The van der Waals surface area contributed by atoms with Gasteiger partial charge in [0, 0.05) is 45.8 Å². The molecule has 0 aliphatic carbocycles. The number of carbonyl (C=O) groups is 3. The Labute approximate surface area is 177 Å². The molecular formula is C22H31FN4O3. The predicted octanol–water partition coefficient (Wildman–Crippen LogP) is 1.50. The van der Waals surface area contributed by atoms with Crippen LogP contribution in [-0.2, 0) is 14.4 Å². The molecule has 0 spiro atoms. The molecule has 0 saturated carbocycles. The highest BCUT2D eigenvalue weighted by Gasteiger charge is 2.31. The third kappa shape index (κ3) is 5.16. The van der Waals surface area contributed by atoms with Crippen molar-refractivity contribution in [2.75, 3.05) is 52.4 Å². The first-order chi connectivity index (χ1) is 14.4. The van der Waals surface area contributed by atoms with Gasteiger partial charge < -0.3 is 14.7 Å². The molecule has 3 amide bonds. The van der Waals surface area contributed by atoms with Crippen LogP contribution in [0.4, 0.5) is 4.39 Å². The van der Waals surface area contributed by atoms with Crippen LogP contribution in [0.25, 0.3) is 0 Å². The molecule has 2 aliphatic heterocycles. The van der Waals surface area contributed by atoms with Gasteiger partial charge in [0.2, 0.25) is 5.91 Å². The zero-order valence-corrected chi connectivity index (χ0v) is 17.8. The van der Waals surface area contributed by atoms with Crippen LogP contribution >= 0.6 is 0 Å². The number of likely N-dealkylation sites (tertiary alicyclic amines) is 1. The number of piperazine rings is 1. The highest BCUT2D eigenvalue weighted by Crippen LogP contribution is 2.21. The maximum Gasteiger partial charge on any atom is 0.312 e. The van der Waals surface area contributed by atoms with E-state index in [0.717, 1.165) is 18.4 Å². The summed E-state index contributed by atoms with van der Waals surface area (Å²) in [5.41, 5.74) is 0.891. The maximum atomic E-state index is 13.2. The summed E-state index contributed by atoms with van der Waals surface area (Å²) < 4.78 is 13.2. The molecular weight excluding hydrogens is 387 g/mol. The lowest BCUT2D eigenvalue weighted by Gasteiger charge is -2.36. The fourth-order valence-electron chi connectivity index (χ4n) is 4.17. The topological polar surface area (TPSA) is 64.2 Å². The zero-order valence-electron chi connectivity index (χ0n) is 17.8. The van der Waals surface area contributed by atoms with Gasteiger partial charge in [-0.2, -0.15) is 0 Å². The van der Waals surface area contributed by atoms with Gasteiger partial charge in [0.25, 0.3) is 0 Å². The van der Waals surface area contributed by atoms with Gasteiger partial charge in [-0.1, -0.05) is 12.1 Å². The third-order valence-corrected chi connectivity index (χ3v) is 6.08. The van der Waals surface area contributed by atoms with Gasteiger partial charge in [0.15, 0.2) is 0 Å². The van der Waals surface area contributed by atoms with E-state index in [-0.39, 0.29) is 24.3 Å². The van der Waals surface area contributed by atoms with Crippen molar-refractivity contribution in [1.82, 2.24) is 19.6 Å². The molecule has 0 radical (unpaired) electrons. The van der Waals surface area contributed by atoms with Gasteiger partial charge in [0.05, 0.1) is 12.6 Å². The van der Waals surface area contributed by atoms with Gasteiger partial charge in [-0.15, -0.1) is 0 Å². The quantitative estimate of drug-likeness (QED) is 0.680. The Morgan fingerprint density at radius 1 is 0.933 bits per heavy atom. The molecule has 1 atom stereocenters. The second kappa shape index (κ2) is 10.0. The Balaban J connectivity index is 1.50. The number of carbonyl (C=O) groups excluding carboxylic acids is 3. The van der Waals surface area contributed by atoms with Gasteiger partial charge >= 0.3 is 11.8 Å². The third-order valence-electron chi connectivity index (χ3n) is 6.08. The van der Waals surface area contributed by atoms with Crippen LogP contribution < -0.4 is 0 Å². The molecule has 0 aromatic heterocycles. The summed E-state index contributed by atoms with van der Waals surface area (Å²) in [6.07, 6.45) is 1.92. The lowest BCUT2D eigenvalue weighted by atomic mass is 10.1. The van der Waals surface area contributed by atoms with Crippen molar-refractivity contribution in [2.45, 2.75) is 32.7 Å². The molecule has 0 N–H and O–H groups in total. The number of hydrogen-bond acceptors (Lipinski definition) is 4. The summed E-state index contributed by atoms with van der Waals surface area (Å²) in [5.74, 6) is -1.12. The van der Waals surface area contributed by atoms with E-state index < -0.39 is 11.8 Å². The second-order valence-corrected chi connectivity index (χ2v) is 7.97. The van der Waals surface area contributed by atoms with E-state index in [4.69, 9.17) is 0 Å². The Bertz CT molecular complexity index is 756. The Morgan fingerprint density at radius 2 is 1.47 bits per heavy atom. The molecule has 1 unspecified atom stereocenters. The first kappa shape index (κ1) is 22.2. The summed E-state index contributed by atoms with van der Waals surface area (Å²) in [6, 6.07) is 6.08. The summed E-state index contributed by atoms with van der Waals surface area (Å²) in [5, 5.41) is 0. The summed E-state index contributed by atoms with van der Waals surface area (Å²) in [7, 11) is 0. The van der Waals surface area contributed by atoms with Crippen LogP contribution in [0.1, 0.15) is 38.3 Å². The summed E-state index contributed by atoms with van der Waals surface area (Å²) in [6.45, 7) is 8.04. The van der Waals surface area contributed by atoms with E-state index >= 15 is 0 Å². The minimum atomic E-state index is -0.428. The van der Waals surface area contributed by atoms with Crippen molar-refractivity contribution in [3.05, 3.63) is 35.6 Å². The molecule has 2 heterocycles. The fourth-order valence-corrected chi connectivity index (χ4v) is 4.17. The number of benzene rings is 1. The number of nitrogens with zero attached hydrogens (tertiary/aromatic N) is 4. The van der Waals surface area contributed by atoms with E-state index in [1.54, 1.807) is 26.8 Å². The number of amides is 3. The Morgan fingerprint density at radius 3 is 2.00 bits per heavy atom. The molecule has 2 saturated heterocycles. The molecule has 164 valence electrons. The van der Waals surface area contributed by atoms with E-state index in [1.807, 2.05) is 18.7 Å². The monoisotopic (exact) mass is 418 g/mol. The first-order valence-corrected chi connectivity index (χ1v) is 10.8. The first-order valence-electron chi connectivity index (χ1n) is 10.8. The number of likely N-dealkylation sites (N-methyl/N-ethyl adjacent to an activating group) is 1. The molecule has 1 aromatic rings. The van der Waals surface area contributed by atoms with Crippen molar-refractivity contribution < 1.29 is 18.8 Å². The van der Waals surface area contributed by atoms with Crippen molar-refractivity contribution in [3.63, 3.8) is 0 Å². The molecule has 7 nitrogen and oxygen atoms in total. The largest absolute Gasteiger partial charge is 0.335 e. The van der Waals surface area contributed by atoms with Crippen molar-refractivity contribution in [3.8, 4) is 0 Å². The van der Waals surface area contributed by atoms with Gasteiger partial charge in [-0.3, -0.25) is 19.3 Å². The number of rotatable bonds is 5. The lowest BCUT2D eigenvalue weighted by Crippen LogP contribution is -2.54. The SMILES string of the molecule is CCN(C(=O)CN1CCN(C(=O)C(=O)N2CCCC2)CC1)C(C)c1ccc(F)cc1. The molecule has 1 aromatic carbocycles. The van der Waals surface area contributed by atoms with Crippen LogP contribution in [0.5, 0.6) is 0 Å². The van der Waals surface area contributed by atoms with E-state index in [0.29, 0.717) is 45.8 Å².